The standard InChI is InChI=1S/C22H31N5O4S2/c1-5-9-27-20(24-25-22(27)32-17(4)21(28)23-15-16(2)3)18-7-6-8-19(14-18)33(29,30)26-10-12-31-13-11-26/h5-8,14,16-17H,1,9-13,15H2,2-4H3,(H,23,28). The molecule has 0 bridgehead atoms. The first-order valence-corrected chi connectivity index (χ1v) is 13.2. The molecule has 0 radical (unpaired) electrons. The van der Waals surface area contributed by atoms with Crippen molar-refractivity contribution in [3.05, 3.63) is 36.9 Å². The van der Waals surface area contributed by atoms with Gasteiger partial charge >= 0.3 is 0 Å². The van der Waals surface area contributed by atoms with Crippen LogP contribution in [0.1, 0.15) is 20.8 Å². The Morgan fingerprint density at radius 3 is 2.67 bits per heavy atom. The Kier molecular flexibility index (Phi) is 8.69. The summed E-state index contributed by atoms with van der Waals surface area (Å²) in [7, 11) is -3.64. The molecule has 1 aliphatic heterocycles. The third kappa shape index (κ3) is 6.23. The number of allylic oxidation sites excluding steroid dienone is 1. The fraction of sp³-hybridized carbons (Fsp3) is 0.500. The number of amides is 1. The molecule has 3 rings (SSSR count). The van der Waals surface area contributed by atoms with Gasteiger partial charge in [0.25, 0.3) is 0 Å². The van der Waals surface area contributed by atoms with E-state index < -0.39 is 10.0 Å². The van der Waals surface area contributed by atoms with Gasteiger partial charge in [0, 0.05) is 31.7 Å². The number of aromatic nitrogens is 3. The first-order valence-electron chi connectivity index (χ1n) is 10.9. The average molecular weight is 494 g/mol. The SMILES string of the molecule is C=CCn1c(SC(C)C(=O)NCC(C)C)nnc1-c1cccc(S(=O)(=O)N2CCOCC2)c1. The molecule has 1 atom stereocenters. The second-order valence-electron chi connectivity index (χ2n) is 8.15. The Labute approximate surface area is 199 Å². The molecular weight excluding hydrogens is 462 g/mol. The van der Waals surface area contributed by atoms with Gasteiger partial charge in [-0.2, -0.15) is 4.31 Å². The minimum Gasteiger partial charge on any atom is -0.379 e. The highest BCUT2D eigenvalue weighted by Gasteiger charge is 2.27. The van der Waals surface area contributed by atoms with E-state index in [-0.39, 0.29) is 16.1 Å². The molecule has 2 aromatic rings. The molecule has 1 unspecified atom stereocenters. The summed E-state index contributed by atoms with van der Waals surface area (Å²) < 4.78 is 34.7. The number of benzene rings is 1. The van der Waals surface area contributed by atoms with Gasteiger partial charge < -0.3 is 10.1 Å². The van der Waals surface area contributed by atoms with E-state index in [0.717, 1.165) is 0 Å². The highest BCUT2D eigenvalue weighted by Crippen LogP contribution is 2.29. The van der Waals surface area contributed by atoms with Crippen LogP contribution in [0.25, 0.3) is 11.4 Å². The van der Waals surface area contributed by atoms with Gasteiger partial charge in [-0.25, -0.2) is 8.42 Å². The van der Waals surface area contributed by atoms with Crippen molar-refractivity contribution in [3.63, 3.8) is 0 Å². The number of hydrogen-bond donors (Lipinski definition) is 1. The molecule has 9 nitrogen and oxygen atoms in total. The second kappa shape index (κ2) is 11.3. The van der Waals surface area contributed by atoms with E-state index in [4.69, 9.17) is 4.74 Å². The summed E-state index contributed by atoms with van der Waals surface area (Å²) in [5.41, 5.74) is 0.627. The number of nitrogens with zero attached hydrogens (tertiary/aromatic N) is 4. The number of sulfonamides is 1. The molecule has 0 saturated carbocycles. The van der Waals surface area contributed by atoms with E-state index in [1.54, 1.807) is 30.3 Å². The van der Waals surface area contributed by atoms with Gasteiger partial charge in [-0.3, -0.25) is 9.36 Å². The third-order valence-electron chi connectivity index (χ3n) is 5.06. The van der Waals surface area contributed by atoms with Crippen LogP contribution in [0.3, 0.4) is 0 Å². The fourth-order valence-electron chi connectivity index (χ4n) is 3.27. The van der Waals surface area contributed by atoms with Crippen molar-refractivity contribution in [1.82, 2.24) is 24.4 Å². The Hall–Kier alpha value is -2.21. The number of nitrogens with one attached hydrogen (secondary N) is 1. The van der Waals surface area contributed by atoms with Crippen molar-refractivity contribution in [3.8, 4) is 11.4 Å². The molecule has 1 aromatic carbocycles. The maximum Gasteiger partial charge on any atom is 0.243 e. The lowest BCUT2D eigenvalue weighted by atomic mass is 10.2. The molecule has 33 heavy (non-hydrogen) atoms. The summed E-state index contributed by atoms with van der Waals surface area (Å²) >= 11 is 1.31. The van der Waals surface area contributed by atoms with Gasteiger partial charge in [0.1, 0.15) is 0 Å². The third-order valence-corrected chi connectivity index (χ3v) is 8.04. The predicted molar refractivity (Wildman–Crippen MR) is 128 cm³/mol. The quantitative estimate of drug-likeness (QED) is 0.400. The van der Waals surface area contributed by atoms with E-state index in [9.17, 15) is 13.2 Å². The number of ether oxygens (including phenoxy) is 1. The van der Waals surface area contributed by atoms with E-state index >= 15 is 0 Å². The van der Waals surface area contributed by atoms with Crippen LogP contribution in [0.2, 0.25) is 0 Å². The molecule has 1 aliphatic rings. The Bertz CT molecular complexity index is 1080. The second-order valence-corrected chi connectivity index (χ2v) is 11.4. The van der Waals surface area contributed by atoms with Crippen molar-refractivity contribution in [2.75, 3.05) is 32.8 Å². The molecule has 1 fully saturated rings. The number of morpholine rings is 1. The molecule has 0 spiro atoms. The van der Waals surface area contributed by atoms with Gasteiger partial charge in [0.2, 0.25) is 15.9 Å². The molecule has 2 heterocycles. The molecule has 1 N–H and O–H groups in total. The lowest BCUT2D eigenvalue weighted by Crippen LogP contribution is -2.40. The van der Waals surface area contributed by atoms with Gasteiger partial charge in [-0.1, -0.05) is 43.8 Å². The Balaban J connectivity index is 1.86. The zero-order valence-corrected chi connectivity index (χ0v) is 20.9. The normalized spacial score (nSPS) is 16.0. The van der Waals surface area contributed by atoms with Crippen LogP contribution in [0.4, 0.5) is 0 Å². The fourth-order valence-corrected chi connectivity index (χ4v) is 5.61. The summed E-state index contributed by atoms with van der Waals surface area (Å²) in [4.78, 5) is 12.6. The van der Waals surface area contributed by atoms with Crippen molar-refractivity contribution in [1.29, 1.82) is 0 Å². The topological polar surface area (TPSA) is 106 Å². The van der Waals surface area contributed by atoms with Crippen LogP contribution in [0.5, 0.6) is 0 Å². The predicted octanol–water partition coefficient (Wildman–Crippen LogP) is 2.40. The lowest BCUT2D eigenvalue weighted by molar-refractivity contribution is -0.120. The monoisotopic (exact) mass is 493 g/mol. The molecular formula is C22H31N5O4S2. The van der Waals surface area contributed by atoms with Gasteiger partial charge in [0.15, 0.2) is 11.0 Å². The lowest BCUT2D eigenvalue weighted by Gasteiger charge is -2.26. The minimum atomic E-state index is -3.64. The maximum atomic E-state index is 13.1. The summed E-state index contributed by atoms with van der Waals surface area (Å²) in [6.45, 7) is 12.2. The molecule has 180 valence electrons. The van der Waals surface area contributed by atoms with Crippen molar-refractivity contribution < 1.29 is 17.9 Å². The molecule has 1 amide bonds. The zero-order valence-electron chi connectivity index (χ0n) is 19.2. The first-order chi connectivity index (χ1) is 15.7. The molecule has 1 aromatic heterocycles. The maximum absolute atomic E-state index is 13.1. The van der Waals surface area contributed by atoms with Crippen molar-refractivity contribution >= 4 is 27.7 Å². The smallest absolute Gasteiger partial charge is 0.243 e. The summed E-state index contributed by atoms with van der Waals surface area (Å²) in [5, 5.41) is 11.7. The van der Waals surface area contributed by atoms with Crippen LogP contribution in [-0.2, 0) is 26.1 Å². The van der Waals surface area contributed by atoms with Crippen LogP contribution >= 0.6 is 11.8 Å². The van der Waals surface area contributed by atoms with Crippen LogP contribution in [0.15, 0.2) is 47.0 Å². The average Bonchev–Trinajstić information content (AvgIpc) is 3.20. The number of carbonyl (C=O) groups is 1. The summed E-state index contributed by atoms with van der Waals surface area (Å²) in [5.74, 6) is 0.816. The Morgan fingerprint density at radius 2 is 2.00 bits per heavy atom. The van der Waals surface area contributed by atoms with E-state index in [1.807, 2.05) is 25.3 Å². The van der Waals surface area contributed by atoms with Gasteiger partial charge in [-0.05, 0) is 25.0 Å². The highest BCUT2D eigenvalue weighted by atomic mass is 32.2. The van der Waals surface area contributed by atoms with Crippen molar-refractivity contribution in [2.24, 2.45) is 5.92 Å². The molecule has 0 aliphatic carbocycles. The Morgan fingerprint density at radius 1 is 1.27 bits per heavy atom. The van der Waals surface area contributed by atoms with E-state index in [0.29, 0.717) is 61.9 Å². The number of rotatable bonds is 10. The largest absolute Gasteiger partial charge is 0.379 e. The van der Waals surface area contributed by atoms with E-state index in [1.165, 1.54) is 16.1 Å². The highest BCUT2D eigenvalue weighted by molar-refractivity contribution is 8.00. The zero-order chi connectivity index (χ0) is 24.0. The summed E-state index contributed by atoms with van der Waals surface area (Å²) in [6, 6.07) is 6.69. The van der Waals surface area contributed by atoms with Gasteiger partial charge in [0.05, 0.1) is 23.4 Å². The van der Waals surface area contributed by atoms with Crippen LogP contribution < -0.4 is 5.32 Å². The van der Waals surface area contributed by atoms with Crippen LogP contribution in [-0.4, -0.2) is 71.5 Å². The van der Waals surface area contributed by atoms with Crippen LogP contribution in [0, 0.1) is 5.92 Å². The molecule has 11 heteroatoms. The minimum absolute atomic E-state index is 0.0676. The first kappa shape index (κ1) is 25.4. The van der Waals surface area contributed by atoms with Gasteiger partial charge in [-0.15, -0.1) is 16.8 Å². The summed E-state index contributed by atoms with van der Waals surface area (Å²) in [6.07, 6.45) is 1.72. The van der Waals surface area contributed by atoms with E-state index in [2.05, 4.69) is 22.1 Å². The number of carbonyl (C=O) groups excluding carboxylic acids is 1. The number of hydrogen-bond acceptors (Lipinski definition) is 7. The van der Waals surface area contributed by atoms with Crippen molar-refractivity contribution in [2.45, 2.75) is 42.6 Å². The molecule has 1 saturated heterocycles. The number of thioether (sulfide) groups is 1.